The summed E-state index contributed by atoms with van der Waals surface area (Å²) in [4.78, 5) is 12.1. The summed E-state index contributed by atoms with van der Waals surface area (Å²) in [5.74, 6) is -0.510. The highest BCUT2D eigenvalue weighted by atomic mass is 79.9. The summed E-state index contributed by atoms with van der Waals surface area (Å²) in [6.07, 6.45) is 0. The Balaban J connectivity index is 1.94. The lowest BCUT2D eigenvalue weighted by atomic mass is 10.1. The maximum atomic E-state index is 13.1. The zero-order chi connectivity index (χ0) is 17.3. The Morgan fingerprint density at radius 3 is 2.79 bits per heavy atom. The number of hydrogen-bond acceptors (Lipinski definition) is 4. The highest BCUT2D eigenvalue weighted by Gasteiger charge is 2.09. The van der Waals surface area contributed by atoms with Crippen LogP contribution in [-0.4, -0.2) is 5.71 Å². The van der Waals surface area contributed by atoms with Gasteiger partial charge in [-0.3, -0.25) is 5.43 Å². The Labute approximate surface area is 150 Å². The predicted octanol–water partition coefficient (Wildman–Crippen LogP) is 5.18. The zero-order valence-corrected chi connectivity index (χ0v) is 14.8. The second-order valence-electron chi connectivity index (χ2n) is 5.07. The van der Waals surface area contributed by atoms with Crippen molar-refractivity contribution >= 4 is 49.9 Å². The smallest absolute Gasteiger partial charge is 0.345 e. The Bertz CT molecular complexity index is 1020. The number of halogens is 3. The van der Waals surface area contributed by atoms with Crippen molar-refractivity contribution in [3.05, 3.63) is 73.8 Å². The molecule has 24 heavy (non-hydrogen) atoms. The van der Waals surface area contributed by atoms with E-state index in [0.717, 1.165) is 9.86 Å². The molecule has 0 saturated carbocycles. The fourth-order valence-corrected chi connectivity index (χ4v) is 2.68. The van der Waals surface area contributed by atoms with Gasteiger partial charge in [0.25, 0.3) is 0 Å². The Morgan fingerprint density at radius 2 is 2.04 bits per heavy atom. The van der Waals surface area contributed by atoms with Crippen LogP contribution in [0.2, 0.25) is 5.02 Å². The minimum Gasteiger partial charge on any atom is -0.422 e. The fraction of sp³-hybridized carbons (Fsp3) is 0.0588. The molecule has 0 amide bonds. The number of nitrogens with zero attached hydrogens (tertiary/aromatic N) is 1. The molecule has 0 atom stereocenters. The van der Waals surface area contributed by atoms with Crippen LogP contribution in [0.15, 0.2) is 61.3 Å². The first kappa shape index (κ1) is 16.7. The van der Waals surface area contributed by atoms with Crippen molar-refractivity contribution in [3.63, 3.8) is 0 Å². The Hall–Kier alpha value is -2.18. The van der Waals surface area contributed by atoms with Crippen LogP contribution < -0.4 is 11.1 Å². The largest absolute Gasteiger partial charge is 0.422 e. The van der Waals surface area contributed by atoms with E-state index in [4.69, 9.17) is 16.0 Å². The van der Waals surface area contributed by atoms with Gasteiger partial charge in [0.1, 0.15) is 11.4 Å². The molecule has 0 radical (unpaired) electrons. The molecule has 1 aromatic heterocycles. The predicted molar refractivity (Wildman–Crippen MR) is 97.4 cm³/mol. The first-order valence-corrected chi connectivity index (χ1v) is 8.10. The monoisotopic (exact) mass is 408 g/mol. The molecule has 1 N–H and O–H groups in total. The molecule has 0 bridgehead atoms. The van der Waals surface area contributed by atoms with Crippen molar-refractivity contribution in [2.24, 2.45) is 5.10 Å². The molecular weight excluding hydrogens is 399 g/mol. The van der Waals surface area contributed by atoms with Crippen molar-refractivity contribution in [1.29, 1.82) is 0 Å². The van der Waals surface area contributed by atoms with E-state index in [9.17, 15) is 9.18 Å². The van der Waals surface area contributed by atoms with Gasteiger partial charge < -0.3 is 4.42 Å². The van der Waals surface area contributed by atoms with Gasteiger partial charge in [0.15, 0.2) is 0 Å². The summed E-state index contributed by atoms with van der Waals surface area (Å²) in [7, 11) is 0. The van der Waals surface area contributed by atoms with Gasteiger partial charge in [0, 0.05) is 9.86 Å². The molecule has 122 valence electrons. The Kier molecular flexibility index (Phi) is 4.69. The Morgan fingerprint density at radius 1 is 1.25 bits per heavy atom. The van der Waals surface area contributed by atoms with Crippen molar-refractivity contribution in [1.82, 2.24) is 0 Å². The molecule has 3 aromatic rings. The average molecular weight is 410 g/mol. The minimum atomic E-state index is -0.510. The third kappa shape index (κ3) is 3.49. The third-order valence-electron chi connectivity index (χ3n) is 3.36. The van der Waals surface area contributed by atoms with Crippen LogP contribution in [0, 0.1) is 5.82 Å². The van der Waals surface area contributed by atoms with Gasteiger partial charge in [-0.2, -0.15) is 5.10 Å². The van der Waals surface area contributed by atoms with Crippen LogP contribution in [0.3, 0.4) is 0 Å². The van der Waals surface area contributed by atoms with Gasteiger partial charge in [0.2, 0.25) is 0 Å². The summed E-state index contributed by atoms with van der Waals surface area (Å²) in [5, 5.41) is 4.90. The van der Waals surface area contributed by atoms with Gasteiger partial charge in [0.05, 0.1) is 22.0 Å². The standard InChI is InChI=1S/C17H11BrClFN2O2/c1-9(21-22-12-3-4-15(20)14(19)8-12)13-7-10-6-11(18)2-5-16(10)24-17(13)23/h2-8,22H,1H3/b21-9-. The van der Waals surface area contributed by atoms with Gasteiger partial charge in [-0.25, -0.2) is 9.18 Å². The van der Waals surface area contributed by atoms with E-state index in [1.54, 1.807) is 25.1 Å². The van der Waals surface area contributed by atoms with Crippen LogP contribution in [-0.2, 0) is 0 Å². The van der Waals surface area contributed by atoms with Crippen molar-refractivity contribution in [3.8, 4) is 0 Å². The average Bonchev–Trinajstić information content (AvgIpc) is 2.55. The maximum Gasteiger partial charge on any atom is 0.345 e. The third-order valence-corrected chi connectivity index (χ3v) is 4.14. The molecule has 0 unspecified atom stereocenters. The van der Waals surface area contributed by atoms with Gasteiger partial charge in [-0.05, 0) is 49.4 Å². The minimum absolute atomic E-state index is 0.0112. The fourth-order valence-electron chi connectivity index (χ4n) is 2.12. The van der Waals surface area contributed by atoms with Crippen LogP contribution in [0.1, 0.15) is 12.5 Å². The van der Waals surface area contributed by atoms with E-state index >= 15 is 0 Å². The molecule has 0 spiro atoms. The molecule has 1 heterocycles. The number of nitrogens with one attached hydrogen (secondary N) is 1. The molecule has 3 rings (SSSR count). The van der Waals surface area contributed by atoms with E-state index in [1.165, 1.54) is 18.2 Å². The van der Waals surface area contributed by atoms with Gasteiger partial charge in [-0.15, -0.1) is 0 Å². The molecule has 0 aliphatic carbocycles. The molecule has 0 fully saturated rings. The second-order valence-corrected chi connectivity index (χ2v) is 6.39. The van der Waals surface area contributed by atoms with E-state index in [0.29, 0.717) is 22.5 Å². The van der Waals surface area contributed by atoms with Crippen LogP contribution in [0.5, 0.6) is 0 Å². The lowest BCUT2D eigenvalue weighted by Gasteiger charge is -2.05. The SMILES string of the molecule is C/C(=N/Nc1ccc(F)c(Cl)c1)c1cc2cc(Br)ccc2oc1=O. The molecular formula is C17H11BrClFN2O2. The number of fused-ring (bicyclic) bond motifs is 1. The zero-order valence-electron chi connectivity index (χ0n) is 12.4. The topological polar surface area (TPSA) is 54.6 Å². The lowest BCUT2D eigenvalue weighted by Crippen LogP contribution is -2.13. The highest BCUT2D eigenvalue weighted by Crippen LogP contribution is 2.21. The number of hydrogen-bond donors (Lipinski definition) is 1. The van der Waals surface area contributed by atoms with E-state index < -0.39 is 11.4 Å². The number of rotatable bonds is 3. The summed E-state index contributed by atoms with van der Waals surface area (Å²) < 4.78 is 19.3. The lowest BCUT2D eigenvalue weighted by molar-refractivity contribution is 0.559. The van der Waals surface area contributed by atoms with Crippen LogP contribution in [0.25, 0.3) is 11.0 Å². The first-order chi connectivity index (χ1) is 11.4. The van der Waals surface area contributed by atoms with Gasteiger partial charge >= 0.3 is 5.63 Å². The molecule has 0 saturated heterocycles. The van der Waals surface area contributed by atoms with Crippen LogP contribution >= 0.6 is 27.5 Å². The number of benzene rings is 2. The number of hydrazone groups is 1. The molecule has 4 nitrogen and oxygen atoms in total. The summed E-state index contributed by atoms with van der Waals surface area (Å²) in [6.45, 7) is 1.67. The molecule has 2 aromatic carbocycles. The maximum absolute atomic E-state index is 13.1. The van der Waals surface area contributed by atoms with Gasteiger partial charge in [-0.1, -0.05) is 27.5 Å². The van der Waals surface area contributed by atoms with E-state index in [1.807, 2.05) is 6.07 Å². The van der Waals surface area contributed by atoms with Crippen LogP contribution in [0.4, 0.5) is 10.1 Å². The quantitative estimate of drug-likeness (QED) is 0.368. The normalized spacial score (nSPS) is 11.8. The first-order valence-electron chi connectivity index (χ1n) is 6.93. The van der Waals surface area contributed by atoms with Crippen molar-refractivity contribution < 1.29 is 8.81 Å². The summed E-state index contributed by atoms with van der Waals surface area (Å²) >= 11 is 9.10. The highest BCUT2D eigenvalue weighted by molar-refractivity contribution is 9.10. The van der Waals surface area contributed by atoms with Crippen molar-refractivity contribution in [2.45, 2.75) is 6.92 Å². The van der Waals surface area contributed by atoms with E-state index in [-0.39, 0.29) is 5.02 Å². The summed E-state index contributed by atoms with van der Waals surface area (Å²) in [6, 6.07) is 11.2. The molecule has 7 heteroatoms. The summed E-state index contributed by atoms with van der Waals surface area (Å²) in [5.41, 5.74) is 4.04. The number of anilines is 1. The molecule has 0 aliphatic heterocycles. The van der Waals surface area contributed by atoms with E-state index in [2.05, 4.69) is 26.5 Å². The second kappa shape index (κ2) is 6.75. The van der Waals surface area contributed by atoms with Crippen molar-refractivity contribution in [2.75, 3.05) is 5.43 Å². The molecule has 0 aliphatic rings.